The normalized spacial score (nSPS) is 12.1. The number of benzene rings is 1. The van der Waals surface area contributed by atoms with Gasteiger partial charge in [-0.05, 0) is 19.4 Å². The molecule has 2 N–H and O–H groups in total. The van der Waals surface area contributed by atoms with Gasteiger partial charge in [-0.2, -0.15) is 15.4 Å². The largest absolute Gasteiger partial charge is 0.344 e. The van der Waals surface area contributed by atoms with Gasteiger partial charge in [0.2, 0.25) is 0 Å². The van der Waals surface area contributed by atoms with Crippen molar-refractivity contribution in [2.45, 2.75) is 19.9 Å². The number of aryl methyl sites for hydroxylation is 1. The number of amides is 1. The van der Waals surface area contributed by atoms with Crippen LogP contribution in [0.1, 0.15) is 34.7 Å². The fourth-order valence-electron chi connectivity index (χ4n) is 1.59. The summed E-state index contributed by atoms with van der Waals surface area (Å²) < 4.78 is 0. The van der Waals surface area contributed by atoms with E-state index < -0.39 is 0 Å². The first-order chi connectivity index (χ1) is 8.18. The molecule has 1 unspecified atom stereocenters. The summed E-state index contributed by atoms with van der Waals surface area (Å²) in [6, 6.07) is 9.72. The molecular formula is C12H14N4O. The van der Waals surface area contributed by atoms with Crippen LogP contribution in [0.4, 0.5) is 0 Å². The van der Waals surface area contributed by atoms with Gasteiger partial charge < -0.3 is 5.32 Å². The second-order valence-corrected chi connectivity index (χ2v) is 3.86. The summed E-state index contributed by atoms with van der Waals surface area (Å²) >= 11 is 0. The molecule has 0 fully saturated rings. The maximum Gasteiger partial charge on any atom is 0.274 e. The van der Waals surface area contributed by atoms with Crippen molar-refractivity contribution in [3.8, 4) is 0 Å². The predicted octanol–water partition coefficient (Wildman–Crippen LogP) is 1.60. The first-order valence-electron chi connectivity index (χ1n) is 5.41. The molecule has 2 rings (SSSR count). The molecule has 0 aliphatic rings. The molecule has 88 valence electrons. The van der Waals surface area contributed by atoms with Crippen LogP contribution in [0.3, 0.4) is 0 Å². The maximum atomic E-state index is 11.9. The molecule has 2 aromatic rings. The van der Waals surface area contributed by atoms with Crippen molar-refractivity contribution in [3.63, 3.8) is 0 Å². The maximum absolute atomic E-state index is 11.9. The number of rotatable bonds is 3. The highest BCUT2D eigenvalue weighted by Crippen LogP contribution is 2.12. The van der Waals surface area contributed by atoms with Gasteiger partial charge in [0.15, 0.2) is 5.69 Å². The Morgan fingerprint density at radius 2 is 2.00 bits per heavy atom. The lowest BCUT2D eigenvalue weighted by Crippen LogP contribution is -2.27. The molecule has 0 saturated carbocycles. The number of hydrogen-bond acceptors (Lipinski definition) is 3. The van der Waals surface area contributed by atoms with Gasteiger partial charge in [-0.3, -0.25) is 4.79 Å². The number of carbonyl (C=O) groups excluding carboxylic acids is 1. The van der Waals surface area contributed by atoms with Crippen molar-refractivity contribution in [1.29, 1.82) is 0 Å². The van der Waals surface area contributed by atoms with Gasteiger partial charge in [0.1, 0.15) is 0 Å². The van der Waals surface area contributed by atoms with E-state index in [2.05, 4.69) is 20.7 Å². The summed E-state index contributed by atoms with van der Waals surface area (Å²) in [6.45, 7) is 3.67. The molecule has 17 heavy (non-hydrogen) atoms. The topological polar surface area (TPSA) is 70.7 Å². The van der Waals surface area contributed by atoms with Gasteiger partial charge in [-0.25, -0.2) is 0 Å². The van der Waals surface area contributed by atoms with Crippen LogP contribution in [0, 0.1) is 6.92 Å². The molecule has 0 bridgehead atoms. The third kappa shape index (κ3) is 2.50. The Morgan fingerprint density at radius 3 is 2.59 bits per heavy atom. The first kappa shape index (κ1) is 11.3. The number of aromatic nitrogens is 3. The lowest BCUT2D eigenvalue weighted by molar-refractivity contribution is 0.0934. The summed E-state index contributed by atoms with van der Waals surface area (Å²) in [5.74, 6) is -0.215. The van der Waals surface area contributed by atoms with Gasteiger partial charge in [0.25, 0.3) is 5.91 Å². The standard InChI is InChI=1S/C12H14N4O/c1-8(10-6-4-3-5-7-10)13-12(17)11-9(2)14-16-15-11/h3-8H,1-2H3,(H,13,17)(H,14,15,16). The van der Waals surface area contributed by atoms with Crippen molar-refractivity contribution in [1.82, 2.24) is 20.7 Å². The second-order valence-electron chi connectivity index (χ2n) is 3.86. The Labute approximate surface area is 99.2 Å². The molecular weight excluding hydrogens is 216 g/mol. The molecule has 0 spiro atoms. The molecule has 1 amide bonds. The van der Waals surface area contributed by atoms with Crippen molar-refractivity contribution in [3.05, 3.63) is 47.3 Å². The van der Waals surface area contributed by atoms with Crippen LogP contribution in [-0.2, 0) is 0 Å². The van der Waals surface area contributed by atoms with Crippen molar-refractivity contribution in [2.24, 2.45) is 0 Å². The number of hydrogen-bond donors (Lipinski definition) is 2. The molecule has 1 atom stereocenters. The molecule has 1 heterocycles. The van der Waals surface area contributed by atoms with Crippen LogP contribution in [0.5, 0.6) is 0 Å². The van der Waals surface area contributed by atoms with Gasteiger partial charge in [-0.15, -0.1) is 0 Å². The Hall–Kier alpha value is -2.17. The monoisotopic (exact) mass is 230 g/mol. The molecule has 0 aliphatic carbocycles. The summed E-state index contributed by atoms with van der Waals surface area (Å²) in [5, 5.41) is 12.9. The molecule has 0 aliphatic heterocycles. The Balaban J connectivity index is 2.08. The zero-order valence-electron chi connectivity index (χ0n) is 9.77. The number of H-pyrrole nitrogens is 1. The molecule has 5 nitrogen and oxygen atoms in total. The molecule has 5 heteroatoms. The van der Waals surface area contributed by atoms with Crippen LogP contribution >= 0.6 is 0 Å². The average molecular weight is 230 g/mol. The second kappa shape index (κ2) is 4.78. The van der Waals surface area contributed by atoms with Gasteiger partial charge in [0.05, 0.1) is 11.7 Å². The molecule has 1 aromatic heterocycles. The van der Waals surface area contributed by atoms with E-state index >= 15 is 0 Å². The van der Waals surface area contributed by atoms with Crippen molar-refractivity contribution >= 4 is 5.91 Å². The zero-order valence-corrected chi connectivity index (χ0v) is 9.77. The van der Waals surface area contributed by atoms with Crippen LogP contribution in [0.15, 0.2) is 30.3 Å². The SMILES string of the molecule is Cc1n[nH]nc1C(=O)NC(C)c1ccccc1. The first-order valence-corrected chi connectivity index (χ1v) is 5.41. The lowest BCUT2D eigenvalue weighted by Gasteiger charge is -2.13. The van der Waals surface area contributed by atoms with Crippen molar-refractivity contribution in [2.75, 3.05) is 0 Å². The van der Waals surface area contributed by atoms with E-state index in [4.69, 9.17) is 0 Å². The van der Waals surface area contributed by atoms with Crippen LogP contribution in [0.25, 0.3) is 0 Å². The van der Waals surface area contributed by atoms with E-state index in [9.17, 15) is 4.79 Å². The van der Waals surface area contributed by atoms with Crippen LogP contribution in [0.2, 0.25) is 0 Å². The highest BCUT2D eigenvalue weighted by molar-refractivity contribution is 5.93. The summed E-state index contributed by atoms with van der Waals surface area (Å²) in [7, 11) is 0. The lowest BCUT2D eigenvalue weighted by atomic mass is 10.1. The summed E-state index contributed by atoms with van der Waals surface area (Å²) in [4.78, 5) is 11.9. The predicted molar refractivity (Wildman–Crippen MR) is 63.4 cm³/mol. The van der Waals surface area contributed by atoms with Crippen LogP contribution in [-0.4, -0.2) is 21.3 Å². The Bertz CT molecular complexity index is 506. The zero-order chi connectivity index (χ0) is 12.3. The van der Waals surface area contributed by atoms with E-state index in [1.807, 2.05) is 37.3 Å². The number of nitrogens with one attached hydrogen (secondary N) is 2. The fourth-order valence-corrected chi connectivity index (χ4v) is 1.59. The van der Waals surface area contributed by atoms with E-state index in [1.165, 1.54) is 0 Å². The summed E-state index contributed by atoms with van der Waals surface area (Å²) in [6.07, 6.45) is 0. The summed E-state index contributed by atoms with van der Waals surface area (Å²) in [5.41, 5.74) is 2.00. The third-order valence-corrected chi connectivity index (χ3v) is 2.58. The van der Waals surface area contributed by atoms with Crippen LogP contribution < -0.4 is 5.32 Å². The number of nitrogens with zero attached hydrogens (tertiary/aromatic N) is 2. The highest BCUT2D eigenvalue weighted by Gasteiger charge is 2.15. The van der Waals surface area contributed by atoms with Gasteiger partial charge in [-0.1, -0.05) is 30.3 Å². The quantitative estimate of drug-likeness (QED) is 0.841. The van der Waals surface area contributed by atoms with Gasteiger partial charge in [0, 0.05) is 0 Å². The fraction of sp³-hybridized carbons (Fsp3) is 0.250. The van der Waals surface area contributed by atoms with E-state index in [0.717, 1.165) is 5.56 Å². The third-order valence-electron chi connectivity index (χ3n) is 2.58. The minimum Gasteiger partial charge on any atom is -0.344 e. The Kier molecular flexibility index (Phi) is 3.18. The number of carbonyl (C=O) groups is 1. The van der Waals surface area contributed by atoms with E-state index in [0.29, 0.717) is 11.4 Å². The van der Waals surface area contributed by atoms with Crippen molar-refractivity contribution < 1.29 is 4.79 Å². The molecule has 0 saturated heterocycles. The van der Waals surface area contributed by atoms with Gasteiger partial charge >= 0.3 is 0 Å². The van der Waals surface area contributed by atoms with E-state index in [1.54, 1.807) is 6.92 Å². The minimum atomic E-state index is -0.215. The highest BCUT2D eigenvalue weighted by atomic mass is 16.2. The number of aromatic amines is 1. The minimum absolute atomic E-state index is 0.0557. The Morgan fingerprint density at radius 1 is 1.29 bits per heavy atom. The molecule has 0 radical (unpaired) electrons. The molecule has 1 aromatic carbocycles. The van der Waals surface area contributed by atoms with E-state index in [-0.39, 0.29) is 11.9 Å². The average Bonchev–Trinajstić information content (AvgIpc) is 2.76. The smallest absolute Gasteiger partial charge is 0.274 e.